The number of thiophene rings is 2. The summed E-state index contributed by atoms with van der Waals surface area (Å²) in [4.78, 5) is 15.6. The molecule has 0 aliphatic heterocycles. The van der Waals surface area contributed by atoms with E-state index in [0.717, 1.165) is 33.2 Å². The molecule has 0 saturated heterocycles. The van der Waals surface area contributed by atoms with Crippen LogP contribution in [-0.4, -0.2) is 15.0 Å². The molecule has 3 heterocycles. The van der Waals surface area contributed by atoms with E-state index in [0.29, 0.717) is 17.5 Å². The molecular formula is C57H35N3S2. The van der Waals surface area contributed by atoms with Gasteiger partial charge in [0.2, 0.25) is 0 Å². The van der Waals surface area contributed by atoms with Crippen LogP contribution in [0.1, 0.15) is 0 Å². The lowest BCUT2D eigenvalue weighted by Crippen LogP contribution is -2.00. The summed E-state index contributed by atoms with van der Waals surface area (Å²) in [6.07, 6.45) is 0. The van der Waals surface area contributed by atoms with Crippen LogP contribution in [0.4, 0.5) is 0 Å². The number of hydrogen-bond acceptors (Lipinski definition) is 5. The fraction of sp³-hybridized carbons (Fsp3) is 0. The molecule has 62 heavy (non-hydrogen) atoms. The molecule has 0 aliphatic rings. The summed E-state index contributed by atoms with van der Waals surface area (Å²) in [5.41, 5.74) is 12.4. The predicted octanol–water partition coefficient (Wildman–Crippen LogP) is 16.3. The van der Waals surface area contributed by atoms with E-state index in [9.17, 15) is 0 Å². The van der Waals surface area contributed by atoms with Crippen molar-refractivity contribution in [3.05, 3.63) is 212 Å². The highest BCUT2D eigenvalue weighted by Crippen LogP contribution is 2.44. The molecule has 0 fully saturated rings. The van der Waals surface area contributed by atoms with Crippen molar-refractivity contribution in [2.24, 2.45) is 0 Å². The normalized spacial score (nSPS) is 11.5. The number of hydrogen-bond donors (Lipinski definition) is 0. The van der Waals surface area contributed by atoms with E-state index in [1.165, 1.54) is 68.3 Å². The SMILES string of the molecule is c1ccc(-c2nc(-c3ccc(-c4cccc5sc6ccccc6c45)cc3)nc(-c3cccc4sc5ccc(-c6ccccc6-c6ccccc6-c6ccccc6)cc5c34)n2)cc1. The molecule has 9 aromatic carbocycles. The lowest BCUT2D eigenvalue weighted by Gasteiger charge is -2.15. The summed E-state index contributed by atoms with van der Waals surface area (Å²) in [5.74, 6) is 1.94. The monoisotopic (exact) mass is 825 g/mol. The zero-order chi connectivity index (χ0) is 41.0. The van der Waals surface area contributed by atoms with Gasteiger partial charge in [-0.25, -0.2) is 15.0 Å². The van der Waals surface area contributed by atoms with Crippen LogP contribution in [0.3, 0.4) is 0 Å². The van der Waals surface area contributed by atoms with Gasteiger partial charge in [-0.05, 0) is 74.8 Å². The van der Waals surface area contributed by atoms with E-state index in [4.69, 9.17) is 15.0 Å². The second-order valence-electron chi connectivity index (χ2n) is 15.5. The molecule has 0 atom stereocenters. The Morgan fingerprint density at radius 3 is 1.34 bits per heavy atom. The Balaban J connectivity index is 0.995. The standard InChI is InChI=1S/C57H35N3S2/c1-3-15-36(16-4-1)41-19-7-9-21-44(41)45-22-10-8-20-42(45)40-33-34-50-48(35-40)54-47(25-14-28-52(54)62-50)57-59-55(38-17-5-2-6-18-38)58-56(60-57)39-31-29-37(30-32-39)43-24-13-27-51-53(43)46-23-11-12-26-49(46)61-51/h1-35H. The molecule has 3 aromatic heterocycles. The Bertz CT molecular complexity index is 3630. The summed E-state index contributed by atoms with van der Waals surface area (Å²) in [6.45, 7) is 0. The maximum atomic E-state index is 5.28. The molecule has 0 N–H and O–H groups in total. The highest BCUT2D eigenvalue weighted by Gasteiger charge is 2.19. The van der Waals surface area contributed by atoms with Crippen molar-refractivity contribution in [2.45, 2.75) is 0 Å². The van der Waals surface area contributed by atoms with Crippen LogP contribution in [0, 0.1) is 0 Å². The summed E-state index contributed by atoms with van der Waals surface area (Å²) >= 11 is 3.65. The van der Waals surface area contributed by atoms with Crippen LogP contribution < -0.4 is 0 Å². The van der Waals surface area contributed by atoms with Gasteiger partial charge >= 0.3 is 0 Å². The van der Waals surface area contributed by atoms with Gasteiger partial charge in [-0.15, -0.1) is 22.7 Å². The minimum absolute atomic E-state index is 0.642. The van der Waals surface area contributed by atoms with Gasteiger partial charge in [0.05, 0.1) is 0 Å². The van der Waals surface area contributed by atoms with Crippen LogP contribution >= 0.6 is 22.7 Å². The molecule has 0 radical (unpaired) electrons. The van der Waals surface area contributed by atoms with Gasteiger partial charge < -0.3 is 0 Å². The van der Waals surface area contributed by atoms with Gasteiger partial charge in [0, 0.05) is 57.0 Å². The summed E-state index contributed by atoms with van der Waals surface area (Å²) in [7, 11) is 0. The lowest BCUT2D eigenvalue weighted by atomic mass is 9.89. The van der Waals surface area contributed by atoms with Crippen molar-refractivity contribution in [2.75, 3.05) is 0 Å². The molecule has 0 amide bonds. The van der Waals surface area contributed by atoms with E-state index in [2.05, 4.69) is 194 Å². The minimum atomic E-state index is 0.642. The number of benzene rings is 9. The number of rotatable bonds is 7. The zero-order valence-corrected chi connectivity index (χ0v) is 35.0. The zero-order valence-electron chi connectivity index (χ0n) is 33.4. The van der Waals surface area contributed by atoms with Crippen molar-refractivity contribution >= 4 is 63.0 Å². The molecule has 3 nitrogen and oxygen atoms in total. The third-order valence-corrected chi connectivity index (χ3v) is 14.1. The highest BCUT2D eigenvalue weighted by molar-refractivity contribution is 7.26. The number of aromatic nitrogens is 3. The maximum Gasteiger partial charge on any atom is 0.164 e. The first-order chi connectivity index (χ1) is 30.7. The van der Waals surface area contributed by atoms with Crippen molar-refractivity contribution in [3.63, 3.8) is 0 Å². The fourth-order valence-electron chi connectivity index (χ4n) is 8.89. The molecular weight excluding hydrogens is 791 g/mol. The van der Waals surface area contributed by atoms with Gasteiger partial charge in [0.15, 0.2) is 17.5 Å². The second-order valence-corrected chi connectivity index (χ2v) is 17.6. The molecule has 0 aliphatic carbocycles. The molecule has 5 heteroatoms. The lowest BCUT2D eigenvalue weighted by molar-refractivity contribution is 1.08. The molecule has 0 spiro atoms. The van der Waals surface area contributed by atoms with Crippen molar-refractivity contribution in [1.29, 1.82) is 0 Å². The third-order valence-electron chi connectivity index (χ3n) is 11.8. The first-order valence-corrected chi connectivity index (χ1v) is 22.4. The van der Waals surface area contributed by atoms with Crippen molar-refractivity contribution in [3.8, 4) is 78.7 Å². The molecule has 0 saturated carbocycles. The van der Waals surface area contributed by atoms with E-state index >= 15 is 0 Å². The van der Waals surface area contributed by atoms with Gasteiger partial charge in [0.1, 0.15) is 0 Å². The van der Waals surface area contributed by atoms with Crippen LogP contribution in [-0.2, 0) is 0 Å². The maximum absolute atomic E-state index is 5.28. The van der Waals surface area contributed by atoms with E-state index < -0.39 is 0 Å². The highest BCUT2D eigenvalue weighted by atomic mass is 32.1. The molecule has 0 unspecified atom stereocenters. The van der Waals surface area contributed by atoms with Crippen LogP contribution in [0.2, 0.25) is 0 Å². The molecule has 290 valence electrons. The van der Waals surface area contributed by atoms with Gasteiger partial charge in [-0.3, -0.25) is 0 Å². The summed E-state index contributed by atoms with van der Waals surface area (Å²) < 4.78 is 5.01. The Morgan fingerprint density at radius 2 is 0.661 bits per heavy atom. The van der Waals surface area contributed by atoms with E-state index in [1.807, 2.05) is 29.5 Å². The van der Waals surface area contributed by atoms with Crippen molar-refractivity contribution < 1.29 is 0 Å². The van der Waals surface area contributed by atoms with E-state index in [1.54, 1.807) is 11.3 Å². The topological polar surface area (TPSA) is 38.7 Å². The third kappa shape index (κ3) is 6.29. The molecule has 12 rings (SSSR count). The Labute approximate surface area is 366 Å². The second kappa shape index (κ2) is 15.2. The largest absolute Gasteiger partial charge is 0.208 e. The van der Waals surface area contributed by atoms with Crippen LogP contribution in [0.5, 0.6) is 0 Å². The van der Waals surface area contributed by atoms with Gasteiger partial charge in [-0.2, -0.15) is 0 Å². The Kier molecular flexibility index (Phi) is 8.87. The predicted molar refractivity (Wildman–Crippen MR) is 264 cm³/mol. The summed E-state index contributed by atoms with van der Waals surface area (Å²) in [5, 5.41) is 4.93. The fourth-order valence-corrected chi connectivity index (χ4v) is 11.1. The van der Waals surface area contributed by atoms with Gasteiger partial charge in [0.25, 0.3) is 0 Å². The summed E-state index contributed by atoms with van der Waals surface area (Å²) in [6, 6.07) is 75.7. The van der Waals surface area contributed by atoms with Crippen LogP contribution in [0.15, 0.2) is 212 Å². The quantitative estimate of drug-likeness (QED) is 0.161. The Hall–Kier alpha value is -7.57. The Morgan fingerprint density at radius 1 is 0.242 bits per heavy atom. The number of fused-ring (bicyclic) bond motifs is 6. The first-order valence-electron chi connectivity index (χ1n) is 20.8. The molecule has 12 aromatic rings. The molecule has 0 bridgehead atoms. The van der Waals surface area contributed by atoms with Crippen LogP contribution in [0.25, 0.3) is 119 Å². The van der Waals surface area contributed by atoms with Crippen molar-refractivity contribution in [1.82, 2.24) is 15.0 Å². The average molecular weight is 826 g/mol. The smallest absolute Gasteiger partial charge is 0.164 e. The first kappa shape index (κ1) is 36.3. The van der Waals surface area contributed by atoms with E-state index in [-0.39, 0.29) is 0 Å². The van der Waals surface area contributed by atoms with Gasteiger partial charge in [-0.1, -0.05) is 182 Å². The minimum Gasteiger partial charge on any atom is -0.208 e. The number of nitrogens with zero attached hydrogens (tertiary/aromatic N) is 3. The average Bonchev–Trinajstić information content (AvgIpc) is 3.93.